The number of non-ortho nitro benzene ring substituents is 1. The molecule has 0 saturated heterocycles. The van der Waals surface area contributed by atoms with E-state index >= 15 is 0 Å². The first kappa shape index (κ1) is 15.4. The Balaban J connectivity index is 2.74. The highest BCUT2D eigenvalue weighted by atomic mass is 32.1. The summed E-state index contributed by atoms with van der Waals surface area (Å²) in [6.45, 7) is 5.96. The van der Waals surface area contributed by atoms with Crippen molar-refractivity contribution in [2.45, 2.75) is 26.7 Å². The number of rotatable bonds is 6. The van der Waals surface area contributed by atoms with Gasteiger partial charge in [0, 0.05) is 30.9 Å². The van der Waals surface area contributed by atoms with Crippen LogP contribution >= 0.6 is 12.2 Å². The lowest BCUT2D eigenvalue weighted by atomic mass is 10.3. The molecule has 0 aliphatic carbocycles. The molecule has 0 aromatic heterocycles. The van der Waals surface area contributed by atoms with Gasteiger partial charge in [0.1, 0.15) is 0 Å². The minimum absolute atomic E-state index is 0.0605. The fourth-order valence-electron chi connectivity index (χ4n) is 1.75. The lowest BCUT2D eigenvalue weighted by Crippen LogP contribution is -2.35. The molecule has 0 saturated carbocycles. The van der Waals surface area contributed by atoms with Crippen molar-refractivity contribution in [3.8, 4) is 0 Å². The molecule has 0 heterocycles. The van der Waals surface area contributed by atoms with E-state index in [1.54, 1.807) is 12.1 Å². The second-order valence-corrected chi connectivity index (χ2v) is 4.61. The van der Waals surface area contributed by atoms with Gasteiger partial charge in [-0.25, -0.2) is 0 Å². The molecule has 0 fully saturated rings. The fourth-order valence-corrected chi connectivity index (χ4v) is 2.05. The van der Waals surface area contributed by atoms with E-state index in [0.717, 1.165) is 25.9 Å². The standard InChI is InChI=1S/C13H19N3O2S/c1-3-8-15(9-4-2)13(19)14-11-6-5-7-12(10-11)16(17)18/h5-7,10H,3-4,8-9H2,1-2H3,(H,14,19). The highest BCUT2D eigenvalue weighted by molar-refractivity contribution is 7.80. The third kappa shape index (κ3) is 4.82. The van der Waals surface area contributed by atoms with Gasteiger partial charge < -0.3 is 10.2 Å². The largest absolute Gasteiger partial charge is 0.349 e. The maximum Gasteiger partial charge on any atom is 0.271 e. The Hall–Kier alpha value is -1.69. The molecule has 0 amide bonds. The number of anilines is 1. The first-order chi connectivity index (χ1) is 9.08. The second kappa shape index (κ2) is 7.68. The van der Waals surface area contributed by atoms with Crippen molar-refractivity contribution in [2.75, 3.05) is 18.4 Å². The Morgan fingerprint density at radius 2 is 2.00 bits per heavy atom. The third-order valence-corrected chi connectivity index (χ3v) is 2.94. The van der Waals surface area contributed by atoms with Crippen LogP contribution in [0.1, 0.15) is 26.7 Å². The van der Waals surface area contributed by atoms with Crippen molar-refractivity contribution in [3.05, 3.63) is 34.4 Å². The van der Waals surface area contributed by atoms with Crippen molar-refractivity contribution >= 4 is 28.7 Å². The summed E-state index contributed by atoms with van der Waals surface area (Å²) in [5, 5.41) is 14.4. The van der Waals surface area contributed by atoms with Crippen LogP contribution in [0.15, 0.2) is 24.3 Å². The number of thiocarbonyl (C=S) groups is 1. The van der Waals surface area contributed by atoms with Crippen LogP contribution in [0.4, 0.5) is 11.4 Å². The van der Waals surface area contributed by atoms with Crippen LogP contribution < -0.4 is 5.32 Å². The summed E-state index contributed by atoms with van der Waals surface area (Å²) >= 11 is 5.34. The van der Waals surface area contributed by atoms with E-state index in [1.165, 1.54) is 12.1 Å². The summed E-state index contributed by atoms with van der Waals surface area (Å²) in [5.41, 5.74) is 0.710. The fraction of sp³-hybridized carbons (Fsp3) is 0.462. The van der Waals surface area contributed by atoms with E-state index in [2.05, 4.69) is 24.1 Å². The normalized spacial score (nSPS) is 10.0. The minimum atomic E-state index is -0.413. The van der Waals surface area contributed by atoms with Gasteiger partial charge in [0.15, 0.2) is 5.11 Å². The van der Waals surface area contributed by atoms with Crippen LogP contribution in [0.25, 0.3) is 0 Å². The average molecular weight is 281 g/mol. The van der Waals surface area contributed by atoms with Gasteiger partial charge in [0.05, 0.1) is 4.92 Å². The van der Waals surface area contributed by atoms with Crippen LogP contribution in [-0.4, -0.2) is 28.0 Å². The van der Waals surface area contributed by atoms with E-state index in [4.69, 9.17) is 12.2 Å². The van der Waals surface area contributed by atoms with Gasteiger partial charge in [0.2, 0.25) is 0 Å². The Bertz CT molecular complexity index is 445. The Kier molecular flexibility index (Phi) is 6.21. The number of hydrogen-bond donors (Lipinski definition) is 1. The first-order valence-electron chi connectivity index (χ1n) is 6.38. The Morgan fingerprint density at radius 1 is 1.37 bits per heavy atom. The molecule has 0 atom stereocenters. The monoisotopic (exact) mass is 281 g/mol. The molecule has 0 aliphatic heterocycles. The molecular weight excluding hydrogens is 262 g/mol. The number of nitro benzene ring substituents is 1. The van der Waals surface area contributed by atoms with Crippen molar-refractivity contribution < 1.29 is 4.92 Å². The lowest BCUT2D eigenvalue weighted by molar-refractivity contribution is -0.384. The molecule has 104 valence electrons. The molecule has 0 aliphatic rings. The maximum absolute atomic E-state index is 10.7. The van der Waals surface area contributed by atoms with Gasteiger partial charge in [0.25, 0.3) is 5.69 Å². The summed E-state index contributed by atoms with van der Waals surface area (Å²) in [7, 11) is 0. The van der Waals surface area contributed by atoms with Crippen LogP contribution in [0.3, 0.4) is 0 Å². The van der Waals surface area contributed by atoms with Crippen LogP contribution in [0.2, 0.25) is 0 Å². The zero-order chi connectivity index (χ0) is 14.3. The van der Waals surface area contributed by atoms with Gasteiger partial charge >= 0.3 is 0 Å². The highest BCUT2D eigenvalue weighted by Crippen LogP contribution is 2.17. The molecule has 19 heavy (non-hydrogen) atoms. The van der Waals surface area contributed by atoms with E-state index in [1.807, 2.05) is 0 Å². The van der Waals surface area contributed by atoms with Crippen molar-refractivity contribution in [1.82, 2.24) is 4.90 Å². The van der Waals surface area contributed by atoms with Crippen molar-refractivity contribution in [2.24, 2.45) is 0 Å². The first-order valence-corrected chi connectivity index (χ1v) is 6.79. The van der Waals surface area contributed by atoms with E-state index < -0.39 is 4.92 Å². The predicted octanol–water partition coefficient (Wildman–Crippen LogP) is 3.41. The molecule has 6 heteroatoms. The average Bonchev–Trinajstić information content (AvgIpc) is 2.38. The zero-order valence-corrected chi connectivity index (χ0v) is 12.1. The lowest BCUT2D eigenvalue weighted by Gasteiger charge is -2.24. The van der Waals surface area contributed by atoms with E-state index in [-0.39, 0.29) is 5.69 Å². The summed E-state index contributed by atoms with van der Waals surface area (Å²) in [6, 6.07) is 6.37. The van der Waals surface area contributed by atoms with Gasteiger partial charge in [-0.2, -0.15) is 0 Å². The van der Waals surface area contributed by atoms with Crippen LogP contribution in [0, 0.1) is 10.1 Å². The topological polar surface area (TPSA) is 58.4 Å². The van der Waals surface area contributed by atoms with Crippen molar-refractivity contribution in [3.63, 3.8) is 0 Å². The smallest absolute Gasteiger partial charge is 0.271 e. The summed E-state index contributed by atoms with van der Waals surface area (Å²) in [4.78, 5) is 12.4. The van der Waals surface area contributed by atoms with Gasteiger partial charge in [-0.05, 0) is 31.1 Å². The van der Waals surface area contributed by atoms with Crippen LogP contribution in [-0.2, 0) is 0 Å². The van der Waals surface area contributed by atoms with Gasteiger partial charge in [-0.15, -0.1) is 0 Å². The summed E-state index contributed by atoms with van der Waals surface area (Å²) < 4.78 is 0. The highest BCUT2D eigenvalue weighted by Gasteiger charge is 2.10. The van der Waals surface area contributed by atoms with Crippen molar-refractivity contribution in [1.29, 1.82) is 0 Å². The number of hydrogen-bond acceptors (Lipinski definition) is 3. The molecule has 5 nitrogen and oxygen atoms in total. The Morgan fingerprint density at radius 3 is 2.53 bits per heavy atom. The molecule has 0 radical (unpaired) electrons. The molecule has 0 spiro atoms. The predicted molar refractivity (Wildman–Crippen MR) is 81.5 cm³/mol. The number of nitrogens with one attached hydrogen (secondary N) is 1. The number of nitro groups is 1. The minimum Gasteiger partial charge on any atom is -0.349 e. The molecule has 0 unspecified atom stereocenters. The molecule has 1 rings (SSSR count). The van der Waals surface area contributed by atoms with Gasteiger partial charge in [-0.1, -0.05) is 19.9 Å². The SMILES string of the molecule is CCCN(CCC)C(=S)Nc1cccc([N+](=O)[O-])c1. The quantitative estimate of drug-likeness (QED) is 0.492. The molecule has 0 bridgehead atoms. The summed E-state index contributed by atoms with van der Waals surface area (Å²) in [5.74, 6) is 0. The summed E-state index contributed by atoms with van der Waals surface area (Å²) in [6.07, 6.45) is 2.02. The second-order valence-electron chi connectivity index (χ2n) is 4.22. The molecule has 1 N–H and O–H groups in total. The number of benzene rings is 1. The zero-order valence-electron chi connectivity index (χ0n) is 11.3. The van der Waals surface area contributed by atoms with Crippen LogP contribution in [0.5, 0.6) is 0 Å². The number of nitrogens with zero attached hydrogens (tertiary/aromatic N) is 2. The van der Waals surface area contributed by atoms with Gasteiger partial charge in [-0.3, -0.25) is 10.1 Å². The molecule has 1 aromatic rings. The molecule has 1 aromatic carbocycles. The van der Waals surface area contributed by atoms with E-state index in [9.17, 15) is 10.1 Å². The van der Waals surface area contributed by atoms with E-state index in [0.29, 0.717) is 10.8 Å². The maximum atomic E-state index is 10.7. The Labute approximate surface area is 118 Å². The molecular formula is C13H19N3O2S. The third-order valence-electron chi connectivity index (χ3n) is 2.58.